The van der Waals surface area contributed by atoms with Crippen molar-refractivity contribution in [3.05, 3.63) is 63.6 Å². The molecule has 2 aromatic carbocycles. The zero-order valence-electron chi connectivity index (χ0n) is 19.4. The van der Waals surface area contributed by atoms with E-state index in [1.165, 1.54) is 7.11 Å². The second kappa shape index (κ2) is 11.1. The van der Waals surface area contributed by atoms with E-state index in [0.717, 1.165) is 31.6 Å². The molecule has 1 saturated heterocycles. The summed E-state index contributed by atoms with van der Waals surface area (Å²) >= 11 is 12.1. The van der Waals surface area contributed by atoms with Crippen LogP contribution in [0.5, 0.6) is 5.75 Å². The van der Waals surface area contributed by atoms with Crippen molar-refractivity contribution in [2.45, 2.75) is 32.3 Å². The maximum atomic E-state index is 12.4. The Morgan fingerprint density at radius 1 is 1.15 bits per heavy atom. The lowest BCUT2D eigenvalue weighted by atomic mass is 9.66. The van der Waals surface area contributed by atoms with E-state index in [2.05, 4.69) is 24.1 Å². The fourth-order valence-electron chi connectivity index (χ4n) is 4.39. The highest BCUT2D eigenvalue weighted by Crippen LogP contribution is 2.46. The van der Waals surface area contributed by atoms with Crippen molar-refractivity contribution < 1.29 is 19.4 Å². The van der Waals surface area contributed by atoms with Crippen molar-refractivity contribution in [2.24, 2.45) is 5.41 Å². The fourth-order valence-corrected chi connectivity index (χ4v) is 4.69. The second-order valence-corrected chi connectivity index (χ2v) is 9.93. The van der Waals surface area contributed by atoms with Gasteiger partial charge in [-0.2, -0.15) is 0 Å². The lowest BCUT2D eigenvalue weighted by Gasteiger charge is -2.50. The predicted molar refractivity (Wildman–Crippen MR) is 131 cm³/mol. The molecule has 3 rings (SSSR count). The highest BCUT2D eigenvalue weighted by Gasteiger charge is 2.48. The maximum Gasteiger partial charge on any atom is 0.256 e. The molecule has 1 amide bonds. The van der Waals surface area contributed by atoms with Gasteiger partial charge in [0.05, 0.1) is 17.8 Å². The Bertz CT molecular complexity index is 952. The number of ether oxygens (including phenoxy) is 2. The van der Waals surface area contributed by atoms with E-state index in [-0.39, 0.29) is 18.1 Å². The number of methoxy groups -OCH3 is 1. The summed E-state index contributed by atoms with van der Waals surface area (Å²) in [5.74, 6) is 0.192. The van der Waals surface area contributed by atoms with E-state index in [9.17, 15) is 9.90 Å². The predicted octanol–water partition coefficient (Wildman–Crippen LogP) is 4.72. The van der Waals surface area contributed by atoms with Gasteiger partial charge in [0.2, 0.25) is 0 Å². The van der Waals surface area contributed by atoms with E-state index in [0.29, 0.717) is 34.4 Å². The number of amides is 1. The maximum absolute atomic E-state index is 12.4. The second-order valence-electron chi connectivity index (χ2n) is 9.06. The first-order chi connectivity index (χ1) is 15.7. The Morgan fingerprint density at radius 2 is 1.85 bits per heavy atom. The van der Waals surface area contributed by atoms with Crippen LogP contribution in [0.15, 0.2) is 42.5 Å². The quantitative estimate of drug-likeness (QED) is 0.389. The number of likely N-dealkylation sites (tertiary alicyclic amines) is 1. The van der Waals surface area contributed by atoms with Crippen LogP contribution in [0.1, 0.15) is 42.6 Å². The average Bonchev–Trinajstić information content (AvgIpc) is 2.78. The molecule has 1 fully saturated rings. The summed E-state index contributed by atoms with van der Waals surface area (Å²) in [4.78, 5) is 14.7. The van der Waals surface area contributed by atoms with Crippen molar-refractivity contribution in [1.82, 2.24) is 10.2 Å². The third-order valence-electron chi connectivity index (χ3n) is 6.29. The van der Waals surface area contributed by atoms with Gasteiger partial charge in [0.15, 0.2) is 0 Å². The highest BCUT2D eigenvalue weighted by atomic mass is 35.5. The zero-order chi connectivity index (χ0) is 24.1. The molecule has 1 aliphatic heterocycles. The van der Waals surface area contributed by atoms with Gasteiger partial charge in [-0.3, -0.25) is 4.79 Å². The number of piperidine rings is 1. The Balaban J connectivity index is 1.54. The number of hydrogen-bond donors (Lipinski definition) is 2. The van der Waals surface area contributed by atoms with Crippen molar-refractivity contribution >= 4 is 29.1 Å². The van der Waals surface area contributed by atoms with Gasteiger partial charge in [-0.1, -0.05) is 49.2 Å². The fraction of sp³-hybridized carbons (Fsp3) is 0.480. The Kier molecular flexibility index (Phi) is 8.65. The number of aliphatic hydroxyl groups is 1. The summed E-state index contributed by atoms with van der Waals surface area (Å²) in [6, 6.07) is 12.5. The van der Waals surface area contributed by atoms with E-state index >= 15 is 0 Å². The SMILES string of the molecule is COCNC(=O)c1cc(Cl)ccc1OCCCN1CCC(O)(c2ccc(Cl)cc2)C(C)(C)C1. The molecular weight excluding hydrogens is 463 g/mol. The van der Waals surface area contributed by atoms with Crippen LogP contribution in [-0.2, 0) is 10.3 Å². The van der Waals surface area contributed by atoms with Gasteiger partial charge in [0.1, 0.15) is 12.5 Å². The highest BCUT2D eigenvalue weighted by molar-refractivity contribution is 6.31. The van der Waals surface area contributed by atoms with Crippen LogP contribution < -0.4 is 10.1 Å². The molecule has 0 bridgehead atoms. The summed E-state index contributed by atoms with van der Waals surface area (Å²) < 4.78 is 10.8. The van der Waals surface area contributed by atoms with Gasteiger partial charge in [0.25, 0.3) is 5.91 Å². The summed E-state index contributed by atoms with van der Waals surface area (Å²) in [6.45, 7) is 7.15. The molecule has 0 saturated carbocycles. The van der Waals surface area contributed by atoms with Crippen molar-refractivity contribution in [2.75, 3.05) is 40.1 Å². The number of nitrogens with zero attached hydrogens (tertiary/aromatic N) is 1. The van der Waals surface area contributed by atoms with E-state index in [1.807, 2.05) is 24.3 Å². The van der Waals surface area contributed by atoms with E-state index < -0.39 is 5.60 Å². The molecule has 33 heavy (non-hydrogen) atoms. The molecule has 1 heterocycles. The Morgan fingerprint density at radius 3 is 2.52 bits per heavy atom. The van der Waals surface area contributed by atoms with Gasteiger partial charge >= 0.3 is 0 Å². The molecule has 0 radical (unpaired) electrons. The first-order valence-corrected chi connectivity index (χ1v) is 11.8. The molecule has 8 heteroatoms. The zero-order valence-corrected chi connectivity index (χ0v) is 20.9. The summed E-state index contributed by atoms with van der Waals surface area (Å²) in [5, 5.41) is 15.3. The van der Waals surface area contributed by atoms with Crippen LogP contribution >= 0.6 is 23.2 Å². The molecule has 2 aromatic rings. The molecule has 1 unspecified atom stereocenters. The molecule has 0 spiro atoms. The minimum Gasteiger partial charge on any atom is -0.493 e. The van der Waals surface area contributed by atoms with Crippen molar-refractivity contribution in [1.29, 1.82) is 0 Å². The largest absolute Gasteiger partial charge is 0.493 e. The molecule has 2 N–H and O–H groups in total. The van der Waals surface area contributed by atoms with Crippen LogP contribution in [0.2, 0.25) is 10.0 Å². The summed E-state index contributed by atoms with van der Waals surface area (Å²) in [6.07, 6.45) is 1.43. The van der Waals surface area contributed by atoms with Crippen LogP contribution in [0.25, 0.3) is 0 Å². The van der Waals surface area contributed by atoms with Crippen LogP contribution in [-0.4, -0.2) is 56.0 Å². The number of nitrogens with one attached hydrogen (secondary N) is 1. The lowest BCUT2D eigenvalue weighted by molar-refractivity contribution is -0.125. The summed E-state index contributed by atoms with van der Waals surface area (Å²) in [7, 11) is 1.51. The van der Waals surface area contributed by atoms with Gasteiger partial charge in [-0.15, -0.1) is 0 Å². The molecule has 1 atom stereocenters. The Labute approximate surface area is 205 Å². The first kappa shape index (κ1) is 25.8. The number of rotatable bonds is 9. The number of carbonyl (C=O) groups excluding carboxylic acids is 1. The normalized spacial score (nSPS) is 20.4. The number of carbonyl (C=O) groups is 1. The lowest BCUT2D eigenvalue weighted by Crippen LogP contribution is -2.55. The van der Waals surface area contributed by atoms with Gasteiger partial charge in [-0.05, 0) is 48.7 Å². The smallest absolute Gasteiger partial charge is 0.256 e. The average molecular weight is 495 g/mol. The third kappa shape index (κ3) is 6.19. The van der Waals surface area contributed by atoms with Crippen molar-refractivity contribution in [3.63, 3.8) is 0 Å². The van der Waals surface area contributed by atoms with Crippen LogP contribution in [0.3, 0.4) is 0 Å². The molecule has 1 aliphatic rings. The summed E-state index contributed by atoms with van der Waals surface area (Å²) in [5.41, 5.74) is 0.0507. The monoisotopic (exact) mass is 494 g/mol. The standard InChI is InChI=1S/C25H32Cl2N2O4/c1-24(2)16-29(13-11-25(24,31)18-5-7-19(26)8-6-18)12-4-14-33-22-10-9-20(27)15-21(22)23(30)28-17-32-3/h5-10,15,31H,4,11-14,16-17H2,1-3H3,(H,28,30). The number of hydrogen-bond acceptors (Lipinski definition) is 5. The Hall–Kier alpha value is -1.83. The van der Waals surface area contributed by atoms with Gasteiger partial charge in [0, 0.05) is 42.2 Å². The van der Waals surface area contributed by atoms with Gasteiger partial charge in [-0.25, -0.2) is 0 Å². The molecule has 0 aromatic heterocycles. The van der Waals surface area contributed by atoms with E-state index in [4.69, 9.17) is 32.7 Å². The third-order valence-corrected chi connectivity index (χ3v) is 6.78. The van der Waals surface area contributed by atoms with Crippen LogP contribution in [0.4, 0.5) is 0 Å². The number of benzene rings is 2. The van der Waals surface area contributed by atoms with Gasteiger partial charge < -0.3 is 24.8 Å². The molecular formula is C25H32Cl2N2O4. The van der Waals surface area contributed by atoms with Crippen molar-refractivity contribution in [3.8, 4) is 5.75 Å². The van der Waals surface area contributed by atoms with Crippen LogP contribution in [0, 0.1) is 5.41 Å². The first-order valence-electron chi connectivity index (χ1n) is 11.1. The minimum absolute atomic E-state index is 0.109. The molecule has 6 nitrogen and oxygen atoms in total. The van der Waals surface area contributed by atoms with E-state index in [1.54, 1.807) is 18.2 Å². The molecule has 0 aliphatic carbocycles. The number of halogens is 2. The minimum atomic E-state index is -0.904. The molecule has 180 valence electrons. The topological polar surface area (TPSA) is 71.0 Å².